The molecule has 1 N–H and O–H groups in total. The van der Waals surface area contributed by atoms with Gasteiger partial charge in [-0.3, -0.25) is 0 Å². The van der Waals surface area contributed by atoms with E-state index in [9.17, 15) is 0 Å². The summed E-state index contributed by atoms with van der Waals surface area (Å²) in [6.45, 7) is 11.9. The predicted molar refractivity (Wildman–Crippen MR) is 54.3 cm³/mol. The molecule has 1 fully saturated rings. The fourth-order valence-electron chi connectivity index (χ4n) is 2.57. The second-order valence-corrected chi connectivity index (χ2v) is 5.79. The monoisotopic (exact) mass is 169 g/mol. The lowest BCUT2D eigenvalue weighted by atomic mass is 9.72. The highest BCUT2D eigenvalue weighted by Crippen LogP contribution is 2.37. The average molecular weight is 169 g/mol. The van der Waals surface area contributed by atoms with Crippen molar-refractivity contribution >= 4 is 0 Å². The highest BCUT2D eigenvalue weighted by molar-refractivity contribution is 4.83. The van der Waals surface area contributed by atoms with Gasteiger partial charge >= 0.3 is 0 Å². The standard InChI is InChI=1S/C11H23N/c1-10(2)6-5-7-12-9-11(3,4)8-10/h12H,5-9H2,1-4H3. The SMILES string of the molecule is CC1(C)CCCNCC(C)(C)C1. The molecule has 0 atom stereocenters. The molecule has 72 valence electrons. The van der Waals surface area contributed by atoms with Crippen molar-refractivity contribution in [2.45, 2.75) is 47.0 Å². The molecule has 0 saturated carbocycles. The van der Waals surface area contributed by atoms with Crippen molar-refractivity contribution in [3.05, 3.63) is 0 Å². The average Bonchev–Trinajstić information content (AvgIpc) is 1.80. The molecule has 0 aromatic carbocycles. The van der Waals surface area contributed by atoms with Crippen LogP contribution in [0.4, 0.5) is 0 Å². The van der Waals surface area contributed by atoms with E-state index in [4.69, 9.17) is 0 Å². The number of hydrogen-bond donors (Lipinski definition) is 1. The fourth-order valence-corrected chi connectivity index (χ4v) is 2.57. The molecule has 1 heteroatoms. The molecular weight excluding hydrogens is 146 g/mol. The van der Waals surface area contributed by atoms with E-state index in [1.165, 1.54) is 32.4 Å². The highest BCUT2D eigenvalue weighted by atomic mass is 14.9. The Hall–Kier alpha value is -0.0400. The molecule has 1 aliphatic rings. The van der Waals surface area contributed by atoms with Gasteiger partial charge in [0.25, 0.3) is 0 Å². The van der Waals surface area contributed by atoms with Gasteiger partial charge in [-0.05, 0) is 36.6 Å². The third-order valence-electron chi connectivity index (χ3n) is 2.77. The maximum atomic E-state index is 3.52. The van der Waals surface area contributed by atoms with Crippen LogP contribution in [0.1, 0.15) is 47.0 Å². The van der Waals surface area contributed by atoms with Gasteiger partial charge in [-0.15, -0.1) is 0 Å². The zero-order valence-electron chi connectivity index (χ0n) is 9.04. The van der Waals surface area contributed by atoms with Crippen molar-refractivity contribution in [3.8, 4) is 0 Å². The lowest BCUT2D eigenvalue weighted by molar-refractivity contribution is 0.159. The van der Waals surface area contributed by atoms with Crippen LogP contribution >= 0.6 is 0 Å². The van der Waals surface area contributed by atoms with Gasteiger partial charge in [0.05, 0.1) is 0 Å². The Kier molecular flexibility index (Phi) is 2.82. The van der Waals surface area contributed by atoms with E-state index in [0.29, 0.717) is 10.8 Å². The topological polar surface area (TPSA) is 12.0 Å². The van der Waals surface area contributed by atoms with Crippen molar-refractivity contribution in [2.75, 3.05) is 13.1 Å². The first-order valence-corrected chi connectivity index (χ1v) is 5.12. The van der Waals surface area contributed by atoms with E-state index in [0.717, 1.165) is 0 Å². The van der Waals surface area contributed by atoms with E-state index < -0.39 is 0 Å². The number of rotatable bonds is 0. The van der Waals surface area contributed by atoms with Crippen molar-refractivity contribution in [2.24, 2.45) is 10.8 Å². The van der Waals surface area contributed by atoms with Crippen LogP contribution in [0.15, 0.2) is 0 Å². The summed E-state index contributed by atoms with van der Waals surface area (Å²) < 4.78 is 0. The van der Waals surface area contributed by atoms with Crippen LogP contribution < -0.4 is 5.32 Å². The minimum absolute atomic E-state index is 0.476. The molecule has 0 aromatic rings. The summed E-state index contributed by atoms with van der Waals surface area (Å²) >= 11 is 0. The predicted octanol–water partition coefficient (Wildman–Crippen LogP) is 2.81. The van der Waals surface area contributed by atoms with Gasteiger partial charge in [-0.2, -0.15) is 0 Å². The quantitative estimate of drug-likeness (QED) is 0.588. The van der Waals surface area contributed by atoms with Crippen LogP contribution in [0.5, 0.6) is 0 Å². The molecule has 1 saturated heterocycles. The first-order valence-electron chi connectivity index (χ1n) is 5.12. The molecule has 1 nitrogen and oxygen atoms in total. The molecule has 0 amide bonds. The van der Waals surface area contributed by atoms with Gasteiger partial charge in [-0.1, -0.05) is 27.7 Å². The van der Waals surface area contributed by atoms with Gasteiger partial charge in [0.1, 0.15) is 0 Å². The van der Waals surface area contributed by atoms with E-state index in [2.05, 4.69) is 33.0 Å². The Morgan fingerprint density at radius 3 is 2.33 bits per heavy atom. The minimum Gasteiger partial charge on any atom is -0.316 e. The van der Waals surface area contributed by atoms with Crippen LogP contribution in [-0.2, 0) is 0 Å². The Labute approximate surface area is 76.9 Å². The second kappa shape index (κ2) is 3.37. The summed E-state index contributed by atoms with van der Waals surface area (Å²) in [5.41, 5.74) is 1.02. The molecule has 1 aliphatic heterocycles. The Bertz CT molecular complexity index is 131. The first-order chi connectivity index (χ1) is 5.41. The maximum Gasteiger partial charge on any atom is 0.000272 e. The van der Waals surface area contributed by atoms with E-state index in [1.807, 2.05) is 0 Å². The van der Waals surface area contributed by atoms with Crippen LogP contribution in [-0.4, -0.2) is 13.1 Å². The molecule has 0 unspecified atom stereocenters. The van der Waals surface area contributed by atoms with Crippen LogP contribution in [0.2, 0.25) is 0 Å². The third kappa shape index (κ3) is 3.14. The molecule has 1 rings (SSSR count). The Morgan fingerprint density at radius 2 is 1.67 bits per heavy atom. The fraction of sp³-hybridized carbons (Fsp3) is 1.00. The number of hydrogen-bond acceptors (Lipinski definition) is 1. The van der Waals surface area contributed by atoms with Crippen molar-refractivity contribution < 1.29 is 0 Å². The summed E-state index contributed by atoms with van der Waals surface area (Å²) in [6.07, 6.45) is 4.04. The molecule has 1 heterocycles. The first kappa shape index (κ1) is 10.0. The zero-order chi connectivity index (χ0) is 9.24. The summed E-state index contributed by atoms with van der Waals surface area (Å²) in [4.78, 5) is 0. The molecule has 0 spiro atoms. The molecule has 0 radical (unpaired) electrons. The lowest BCUT2D eigenvalue weighted by Crippen LogP contribution is -2.37. The minimum atomic E-state index is 0.476. The summed E-state index contributed by atoms with van der Waals surface area (Å²) in [7, 11) is 0. The lowest BCUT2D eigenvalue weighted by Gasteiger charge is -2.37. The van der Waals surface area contributed by atoms with Gasteiger partial charge in [-0.25, -0.2) is 0 Å². The third-order valence-corrected chi connectivity index (χ3v) is 2.77. The van der Waals surface area contributed by atoms with Gasteiger partial charge in [0.15, 0.2) is 0 Å². The summed E-state index contributed by atoms with van der Waals surface area (Å²) in [5.74, 6) is 0. The van der Waals surface area contributed by atoms with E-state index in [1.54, 1.807) is 0 Å². The van der Waals surface area contributed by atoms with Gasteiger partial charge < -0.3 is 5.32 Å². The molecular formula is C11H23N. The smallest absolute Gasteiger partial charge is 0.000272 e. The zero-order valence-corrected chi connectivity index (χ0v) is 9.04. The second-order valence-electron chi connectivity index (χ2n) is 5.79. The molecule has 0 aliphatic carbocycles. The normalized spacial score (nSPS) is 29.0. The Balaban J connectivity index is 2.58. The van der Waals surface area contributed by atoms with Crippen LogP contribution in [0.3, 0.4) is 0 Å². The van der Waals surface area contributed by atoms with Crippen LogP contribution in [0.25, 0.3) is 0 Å². The maximum absolute atomic E-state index is 3.52. The molecule has 0 aromatic heterocycles. The van der Waals surface area contributed by atoms with E-state index >= 15 is 0 Å². The Morgan fingerprint density at radius 1 is 1.00 bits per heavy atom. The highest BCUT2D eigenvalue weighted by Gasteiger charge is 2.29. The largest absolute Gasteiger partial charge is 0.316 e. The molecule has 0 bridgehead atoms. The van der Waals surface area contributed by atoms with Crippen molar-refractivity contribution in [1.82, 2.24) is 5.32 Å². The number of nitrogens with one attached hydrogen (secondary N) is 1. The van der Waals surface area contributed by atoms with Crippen LogP contribution in [0, 0.1) is 10.8 Å². The van der Waals surface area contributed by atoms with E-state index in [-0.39, 0.29) is 0 Å². The van der Waals surface area contributed by atoms with Gasteiger partial charge in [0, 0.05) is 6.54 Å². The summed E-state index contributed by atoms with van der Waals surface area (Å²) in [5, 5.41) is 3.52. The van der Waals surface area contributed by atoms with Crippen molar-refractivity contribution in [3.63, 3.8) is 0 Å². The van der Waals surface area contributed by atoms with Crippen molar-refractivity contribution in [1.29, 1.82) is 0 Å². The summed E-state index contributed by atoms with van der Waals surface area (Å²) in [6, 6.07) is 0. The van der Waals surface area contributed by atoms with Gasteiger partial charge in [0.2, 0.25) is 0 Å². The molecule has 12 heavy (non-hydrogen) atoms.